The van der Waals surface area contributed by atoms with E-state index in [1.165, 1.54) is 11.1 Å². The van der Waals surface area contributed by atoms with Crippen LogP contribution in [0.3, 0.4) is 0 Å². The Bertz CT molecular complexity index is 890. The predicted octanol–water partition coefficient (Wildman–Crippen LogP) is 4.04. The van der Waals surface area contributed by atoms with Crippen molar-refractivity contribution in [1.82, 2.24) is 10.6 Å². The second-order valence-corrected chi connectivity index (χ2v) is 7.08. The number of carbonyl (C=O) groups excluding carboxylic acids is 1. The summed E-state index contributed by atoms with van der Waals surface area (Å²) in [5.74, 6) is 0.830. The minimum Gasteiger partial charge on any atom is -0.497 e. The van der Waals surface area contributed by atoms with Crippen molar-refractivity contribution in [2.75, 3.05) is 20.2 Å². The molecule has 0 saturated carbocycles. The van der Waals surface area contributed by atoms with E-state index in [0.29, 0.717) is 6.54 Å². The fourth-order valence-electron chi connectivity index (χ4n) is 3.23. The molecular weight excluding hydrogens is 360 g/mol. The van der Waals surface area contributed by atoms with E-state index < -0.39 is 0 Å². The smallest absolute Gasteiger partial charge is 0.233 e. The first-order chi connectivity index (χ1) is 14.2. The maximum absolute atomic E-state index is 12.4. The highest BCUT2D eigenvalue weighted by Gasteiger charge is 2.14. The molecule has 0 bridgehead atoms. The zero-order valence-electron chi connectivity index (χ0n) is 17.0. The summed E-state index contributed by atoms with van der Waals surface area (Å²) in [6.45, 7) is 2.94. The predicted molar refractivity (Wildman–Crippen MR) is 117 cm³/mol. The van der Waals surface area contributed by atoms with Gasteiger partial charge in [0.25, 0.3) is 0 Å². The van der Waals surface area contributed by atoms with Crippen molar-refractivity contribution >= 4 is 5.91 Å². The Labute approximate surface area is 172 Å². The normalized spacial score (nSPS) is 11.7. The summed E-state index contributed by atoms with van der Waals surface area (Å²) in [6, 6.07) is 26.5. The topological polar surface area (TPSA) is 50.4 Å². The number of benzene rings is 3. The summed E-state index contributed by atoms with van der Waals surface area (Å²) in [6.07, 6.45) is 0.788. The molecule has 150 valence electrons. The number of ether oxygens (including phenoxy) is 1. The Balaban J connectivity index is 1.54. The second kappa shape index (κ2) is 10.4. The van der Waals surface area contributed by atoms with Crippen molar-refractivity contribution in [2.45, 2.75) is 19.4 Å². The molecule has 1 atom stereocenters. The van der Waals surface area contributed by atoms with E-state index in [4.69, 9.17) is 4.74 Å². The van der Waals surface area contributed by atoms with Gasteiger partial charge < -0.3 is 10.1 Å². The van der Waals surface area contributed by atoms with Gasteiger partial charge in [0.1, 0.15) is 5.75 Å². The van der Waals surface area contributed by atoms with Crippen molar-refractivity contribution in [3.05, 3.63) is 101 Å². The van der Waals surface area contributed by atoms with Crippen LogP contribution in [0.4, 0.5) is 0 Å². The molecule has 4 nitrogen and oxygen atoms in total. The van der Waals surface area contributed by atoms with Gasteiger partial charge >= 0.3 is 0 Å². The molecule has 0 saturated heterocycles. The summed E-state index contributed by atoms with van der Waals surface area (Å²) in [5, 5.41) is 6.40. The first-order valence-corrected chi connectivity index (χ1v) is 9.90. The van der Waals surface area contributed by atoms with Crippen molar-refractivity contribution in [1.29, 1.82) is 0 Å². The van der Waals surface area contributed by atoms with Gasteiger partial charge in [-0.2, -0.15) is 0 Å². The third kappa shape index (κ3) is 6.19. The summed E-state index contributed by atoms with van der Waals surface area (Å²) in [5.41, 5.74) is 4.67. The molecule has 0 heterocycles. The largest absolute Gasteiger partial charge is 0.497 e. The Kier molecular flexibility index (Phi) is 7.42. The van der Waals surface area contributed by atoms with Crippen LogP contribution < -0.4 is 15.4 Å². The van der Waals surface area contributed by atoms with Crippen LogP contribution in [-0.2, 0) is 11.2 Å². The quantitative estimate of drug-likeness (QED) is 0.582. The number of rotatable bonds is 9. The summed E-state index contributed by atoms with van der Waals surface area (Å²) in [7, 11) is 1.65. The number of hydrogen-bond acceptors (Lipinski definition) is 3. The molecule has 0 unspecified atom stereocenters. The highest BCUT2D eigenvalue weighted by atomic mass is 16.5. The molecule has 0 fully saturated rings. The summed E-state index contributed by atoms with van der Waals surface area (Å²) in [4.78, 5) is 12.4. The number of methoxy groups -OCH3 is 1. The molecule has 29 heavy (non-hydrogen) atoms. The molecule has 3 aromatic carbocycles. The van der Waals surface area contributed by atoms with Gasteiger partial charge in [-0.1, -0.05) is 72.3 Å². The SMILES string of the molecule is COc1ccc(CCNC(=O)CN[C@H](c2ccccc2)c2ccc(C)cc2)cc1. The average molecular weight is 389 g/mol. The van der Waals surface area contributed by atoms with Crippen LogP contribution in [0.2, 0.25) is 0 Å². The molecule has 0 aliphatic heterocycles. The van der Waals surface area contributed by atoms with Crippen LogP contribution in [0.1, 0.15) is 28.3 Å². The lowest BCUT2D eigenvalue weighted by Crippen LogP contribution is -2.37. The molecule has 3 rings (SSSR count). The molecular formula is C25H28N2O2. The van der Waals surface area contributed by atoms with Crippen molar-refractivity contribution in [3.8, 4) is 5.75 Å². The fraction of sp³-hybridized carbons (Fsp3) is 0.240. The van der Waals surface area contributed by atoms with E-state index in [9.17, 15) is 4.79 Å². The Morgan fingerprint density at radius 1 is 0.897 bits per heavy atom. The van der Waals surface area contributed by atoms with Crippen LogP contribution >= 0.6 is 0 Å². The molecule has 0 aromatic heterocycles. The van der Waals surface area contributed by atoms with E-state index in [1.54, 1.807) is 7.11 Å². The highest BCUT2D eigenvalue weighted by Crippen LogP contribution is 2.22. The van der Waals surface area contributed by atoms with Gasteiger partial charge in [-0.3, -0.25) is 10.1 Å². The van der Waals surface area contributed by atoms with Crippen LogP contribution in [0, 0.1) is 6.92 Å². The first kappa shape index (κ1) is 20.6. The monoisotopic (exact) mass is 388 g/mol. The van der Waals surface area contributed by atoms with Crippen molar-refractivity contribution in [3.63, 3.8) is 0 Å². The van der Waals surface area contributed by atoms with Crippen molar-refractivity contribution < 1.29 is 9.53 Å². The van der Waals surface area contributed by atoms with E-state index in [-0.39, 0.29) is 18.5 Å². The molecule has 0 aliphatic carbocycles. The number of aryl methyl sites for hydroxylation is 1. The highest BCUT2D eigenvalue weighted by molar-refractivity contribution is 5.78. The lowest BCUT2D eigenvalue weighted by atomic mass is 9.98. The van der Waals surface area contributed by atoms with Crippen LogP contribution in [0.15, 0.2) is 78.9 Å². The average Bonchev–Trinajstić information content (AvgIpc) is 2.76. The van der Waals surface area contributed by atoms with E-state index in [2.05, 4.69) is 54.0 Å². The van der Waals surface area contributed by atoms with Gasteiger partial charge in [0.05, 0.1) is 19.7 Å². The van der Waals surface area contributed by atoms with Crippen LogP contribution in [0.5, 0.6) is 5.75 Å². The minimum atomic E-state index is -0.0239. The Morgan fingerprint density at radius 3 is 2.21 bits per heavy atom. The summed E-state index contributed by atoms with van der Waals surface area (Å²) < 4.78 is 5.17. The Morgan fingerprint density at radius 2 is 1.55 bits per heavy atom. The molecule has 1 amide bonds. The number of carbonyl (C=O) groups is 1. The first-order valence-electron chi connectivity index (χ1n) is 9.90. The van der Waals surface area contributed by atoms with Gasteiger partial charge in [-0.25, -0.2) is 0 Å². The number of amides is 1. The lowest BCUT2D eigenvalue weighted by molar-refractivity contribution is -0.120. The van der Waals surface area contributed by atoms with E-state index >= 15 is 0 Å². The van der Waals surface area contributed by atoms with E-state index in [0.717, 1.165) is 23.3 Å². The maximum atomic E-state index is 12.4. The van der Waals surface area contributed by atoms with Gasteiger partial charge in [-0.05, 0) is 42.2 Å². The summed E-state index contributed by atoms with van der Waals surface area (Å²) >= 11 is 0. The third-order valence-corrected chi connectivity index (χ3v) is 4.91. The van der Waals surface area contributed by atoms with Crippen LogP contribution in [0.25, 0.3) is 0 Å². The Hall–Kier alpha value is -3.11. The molecule has 2 N–H and O–H groups in total. The van der Waals surface area contributed by atoms with Gasteiger partial charge in [-0.15, -0.1) is 0 Å². The molecule has 0 radical (unpaired) electrons. The van der Waals surface area contributed by atoms with Gasteiger partial charge in [0, 0.05) is 6.54 Å². The molecule has 0 aliphatic rings. The van der Waals surface area contributed by atoms with Gasteiger partial charge in [0.2, 0.25) is 5.91 Å². The zero-order chi connectivity index (χ0) is 20.5. The molecule has 4 heteroatoms. The lowest BCUT2D eigenvalue weighted by Gasteiger charge is -2.20. The number of hydrogen-bond donors (Lipinski definition) is 2. The van der Waals surface area contributed by atoms with Gasteiger partial charge in [0.15, 0.2) is 0 Å². The second-order valence-electron chi connectivity index (χ2n) is 7.08. The molecule has 0 spiro atoms. The maximum Gasteiger partial charge on any atom is 0.233 e. The van der Waals surface area contributed by atoms with E-state index in [1.807, 2.05) is 42.5 Å². The van der Waals surface area contributed by atoms with Crippen molar-refractivity contribution in [2.24, 2.45) is 0 Å². The third-order valence-electron chi connectivity index (χ3n) is 4.91. The minimum absolute atomic E-state index is 0.00782. The van der Waals surface area contributed by atoms with Crippen LogP contribution in [-0.4, -0.2) is 26.1 Å². The zero-order valence-corrected chi connectivity index (χ0v) is 17.0. The molecule has 3 aromatic rings. The fourth-order valence-corrected chi connectivity index (χ4v) is 3.23. The number of nitrogens with one attached hydrogen (secondary N) is 2. The standard InChI is InChI=1S/C25H28N2O2/c1-19-8-12-22(13-9-19)25(21-6-4-3-5-7-21)27-18-24(28)26-17-16-20-10-14-23(29-2)15-11-20/h3-15,25,27H,16-18H2,1-2H3,(H,26,28)/t25-/m1/s1.